The topological polar surface area (TPSA) is 69.6 Å². The quantitative estimate of drug-likeness (QED) is 0.0421. The summed E-state index contributed by atoms with van der Waals surface area (Å²) in [4.78, 5) is 12.5. The molecule has 0 radical (unpaired) electrons. The standard InChI is InChI=1S/C58H111NO3/c1-3-5-7-9-11-13-15-17-19-21-23-25-26-27-28-29-30-31-32-34-36-38-40-42-44-46-48-50-52-54-58(62)59-56(55-60)57(61)53-51-49-47-45-43-41-39-37-35-33-24-22-20-18-16-14-12-10-8-6-4-2/h15,17,21,23,26-27,56-57,60-61H,3-14,16,18-20,22,24-25,28-55H2,1-2H3,(H,59,62)/b17-15-,23-21-,27-26-. The van der Waals surface area contributed by atoms with Crippen LogP contribution in [0.1, 0.15) is 309 Å². The smallest absolute Gasteiger partial charge is 0.220 e. The van der Waals surface area contributed by atoms with Crippen LogP contribution in [0.2, 0.25) is 0 Å². The van der Waals surface area contributed by atoms with Gasteiger partial charge >= 0.3 is 0 Å². The van der Waals surface area contributed by atoms with E-state index in [-0.39, 0.29) is 12.5 Å². The second-order valence-corrected chi connectivity index (χ2v) is 19.4. The van der Waals surface area contributed by atoms with Crippen molar-refractivity contribution in [2.75, 3.05) is 6.61 Å². The van der Waals surface area contributed by atoms with Gasteiger partial charge in [-0.3, -0.25) is 4.79 Å². The average Bonchev–Trinajstić information content (AvgIpc) is 3.28. The maximum absolute atomic E-state index is 12.5. The van der Waals surface area contributed by atoms with Gasteiger partial charge in [0.15, 0.2) is 0 Å². The van der Waals surface area contributed by atoms with Crippen LogP contribution in [0.5, 0.6) is 0 Å². The van der Waals surface area contributed by atoms with E-state index in [2.05, 4.69) is 55.6 Å². The van der Waals surface area contributed by atoms with Gasteiger partial charge in [0, 0.05) is 6.42 Å². The lowest BCUT2D eigenvalue weighted by molar-refractivity contribution is -0.123. The molecule has 0 saturated carbocycles. The maximum atomic E-state index is 12.5. The fourth-order valence-corrected chi connectivity index (χ4v) is 8.84. The van der Waals surface area contributed by atoms with Crippen LogP contribution in [0, 0.1) is 0 Å². The van der Waals surface area contributed by atoms with Gasteiger partial charge < -0.3 is 15.5 Å². The summed E-state index contributed by atoms with van der Waals surface area (Å²) < 4.78 is 0. The normalized spacial score (nSPS) is 13.0. The van der Waals surface area contributed by atoms with E-state index in [0.29, 0.717) is 12.8 Å². The minimum atomic E-state index is -0.660. The fourth-order valence-electron chi connectivity index (χ4n) is 8.84. The van der Waals surface area contributed by atoms with Gasteiger partial charge in [0.25, 0.3) is 0 Å². The number of hydrogen-bond acceptors (Lipinski definition) is 3. The number of hydrogen-bond donors (Lipinski definition) is 3. The molecule has 3 N–H and O–H groups in total. The van der Waals surface area contributed by atoms with Crippen molar-refractivity contribution >= 4 is 5.91 Å². The van der Waals surface area contributed by atoms with Crippen LogP contribution in [-0.2, 0) is 4.79 Å². The molecule has 2 atom stereocenters. The van der Waals surface area contributed by atoms with Crippen LogP contribution in [0.15, 0.2) is 36.5 Å². The molecule has 4 heteroatoms. The zero-order valence-electron chi connectivity index (χ0n) is 42.2. The Balaban J connectivity index is 3.45. The van der Waals surface area contributed by atoms with E-state index in [9.17, 15) is 15.0 Å². The van der Waals surface area contributed by atoms with Gasteiger partial charge in [-0.2, -0.15) is 0 Å². The third-order valence-corrected chi connectivity index (χ3v) is 13.2. The molecule has 0 aromatic heterocycles. The van der Waals surface area contributed by atoms with Gasteiger partial charge in [0.2, 0.25) is 5.91 Å². The highest BCUT2D eigenvalue weighted by Gasteiger charge is 2.20. The molecule has 0 fully saturated rings. The summed E-state index contributed by atoms with van der Waals surface area (Å²) in [5, 5.41) is 23.3. The van der Waals surface area contributed by atoms with Gasteiger partial charge in [-0.1, -0.05) is 288 Å². The molecule has 0 rings (SSSR count). The lowest BCUT2D eigenvalue weighted by Crippen LogP contribution is -2.45. The first kappa shape index (κ1) is 60.6. The summed E-state index contributed by atoms with van der Waals surface area (Å²) >= 11 is 0. The van der Waals surface area contributed by atoms with E-state index < -0.39 is 12.1 Å². The first-order chi connectivity index (χ1) is 30.7. The number of aliphatic hydroxyl groups is 2. The number of carbonyl (C=O) groups excluding carboxylic acids is 1. The van der Waals surface area contributed by atoms with Gasteiger partial charge in [-0.25, -0.2) is 0 Å². The van der Waals surface area contributed by atoms with Crippen molar-refractivity contribution in [2.45, 2.75) is 321 Å². The SMILES string of the molecule is CCCCCCC/C=C\C/C=C\C/C=C\CCCCCCCCCCCCCCCCC(=O)NC(CO)C(O)CCCCCCCCCCCCCCCCCCCCCCC. The lowest BCUT2D eigenvalue weighted by Gasteiger charge is -2.22. The molecule has 0 saturated heterocycles. The molecule has 366 valence electrons. The molecule has 2 unspecified atom stereocenters. The molecule has 0 bridgehead atoms. The summed E-state index contributed by atoms with van der Waals surface area (Å²) in [6.45, 7) is 4.38. The molecular weight excluding hydrogens is 759 g/mol. The summed E-state index contributed by atoms with van der Waals surface area (Å²) in [7, 11) is 0. The van der Waals surface area contributed by atoms with Gasteiger partial charge in [-0.15, -0.1) is 0 Å². The highest BCUT2D eigenvalue weighted by atomic mass is 16.3. The van der Waals surface area contributed by atoms with E-state index in [4.69, 9.17) is 0 Å². The Labute approximate surface area is 389 Å². The van der Waals surface area contributed by atoms with Crippen molar-refractivity contribution in [3.8, 4) is 0 Å². The first-order valence-corrected chi connectivity index (χ1v) is 28.2. The summed E-state index contributed by atoms with van der Waals surface area (Å²) in [6.07, 6.45) is 72.7. The van der Waals surface area contributed by atoms with E-state index >= 15 is 0 Å². The lowest BCUT2D eigenvalue weighted by atomic mass is 10.0. The molecule has 1 amide bonds. The van der Waals surface area contributed by atoms with Crippen LogP contribution in [0.4, 0.5) is 0 Å². The Morgan fingerprint density at radius 1 is 0.387 bits per heavy atom. The van der Waals surface area contributed by atoms with E-state index in [0.717, 1.165) is 38.5 Å². The summed E-state index contributed by atoms with van der Waals surface area (Å²) in [5.74, 6) is -0.0281. The van der Waals surface area contributed by atoms with Crippen molar-refractivity contribution < 1.29 is 15.0 Å². The Kier molecular flexibility index (Phi) is 52.7. The highest BCUT2D eigenvalue weighted by Crippen LogP contribution is 2.17. The molecular formula is C58H111NO3. The molecule has 4 nitrogen and oxygen atoms in total. The molecule has 0 aliphatic carbocycles. The van der Waals surface area contributed by atoms with Crippen LogP contribution in [0.25, 0.3) is 0 Å². The second-order valence-electron chi connectivity index (χ2n) is 19.4. The third-order valence-electron chi connectivity index (χ3n) is 13.2. The molecule has 0 spiro atoms. The Morgan fingerprint density at radius 2 is 0.661 bits per heavy atom. The Hall–Kier alpha value is -1.39. The Morgan fingerprint density at radius 3 is 0.984 bits per heavy atom. The second kappa shape index (κ2) is 53.9. The predicted octanol–water partition coefficient (Wildman–Crippen LogP) is 18.5. The molecule has 62 heavy (non-hydrogen) atoms. The average molecular weight is 871 g/mol. The zero-order chi connectivity index (χ0) is 44.9. The first-order valence-electron chi connectivity index (χ1n) is 28.2. The molecule has 0 aromatic carbocycles. The summed E-state index contributed by atoms with van der Waals surface area (Å²) in [6, 6.07) is -0.537. The van der Waals surface area contributed by atoms with Crippen molar-refractivity contribution in [2.24, 2.45) is 0 Å². The van der Waals surface area contributed by atoms with Gasteiger partial charge in [0.1, 0.15) is 0 Å². The number of amides is 1. The number of allylic oxidation sites excluding steroid dienone is 6. The van der Waals surface area contributed by atoms with E-state index in [1.165, 1.54) is 244 Å². The number of nitrogens with one attached hydrogen (secondary N) is 1. The number of unbranched alkanes of at least 4 members (excludes halogenated alkanes) is 39. The molecule has 0 aromatic rings. The zero-order valence-corrected chi connectivity index (χ0v) is 42.2. The molecule has 0 aliphatic heterocycles. The van der Waals surface area contributed by atoms with Gasteiger partial charge in [-0.05, 0) is 51.4 Å². The number of aliphatic hydroxyl groups excluding tert-OH is 2. The predicted molar refractivity (Wildman–Crippen MR) is 276 cm³/mol. The minimum Gasteiger partial charge on any atom is -0.394 e. The van der Waals surface area contributed by atoms with Gasteiger partial charge in [0.05, 0.1) is 18.8 Å². The monoisotopic (exact) mass is 870 g/mol. The third kappa shape index (κ3) is 49.6. The molecule has 0 heterocycles. The molecule has 0 aliphatic rings. The van der Waals surface area contributed by atoms with E-state index in [1.54, 1.807) is 0 Å². The maximum Gasteiger partial charge on any atom is 0.220 e. The van der Waals surface area contributed by atoms with Crippen molar-refractivity contribution in [1.82, 2.24) is 5.32 Å². The minimum absolute atomic E-state index is 0.0281. The Bertz CT molecular complexity index is 943. The van der Waals surface area contributed by atoms with Crippen molar-refractivity contribution in [3.05, 3.63) is 36.5 Å². The number of rotatable bonds is 52. The van der Waals surface area contributed by atoms with Crippen molar-refractivity contribution in [1.29, 1.82) is 0 Å². The van der Waals surface area contributed by atoms with Crippen LogP contribution >= 0.6 is 0 Å². The summed E-state index contributed by atoms with van der Waals surface area (Å²) in [5.41, 5.74) is 0. The van der Waals surface area contributed by atoms with Crippen LogP contribution in [0.3, 0.4) is 0 Å². The highest BCUT2D eigenvalue weighted by molar-refractivity contribution is 5.76. The largest absolute Gasteiger partial charge is 0.394 e. The number of carbonyl (C=O) groups is 1. The van der Waals surface area contributed by atoms with E-state index in [1.807, 2.05) is 0 Å². The van der Waals surface area contributed by atoms with Crippen molar-refractivity contribution in [3.63, 3.8) is 0 Å². The van der Waals surface area contributed by atoms with Crippen LogP contribution in [-0.4, -0.2) is 34.9 Å². The van der Waals surface area contributed by atoms with Crippen LogP contribution < -0.4 is 5.32 Å². The fraction of sp³-hybridized carbons (Fsp3) is 0.879.